The zero-order valence-corrected chi connectivity index (χ0v) is 13.6. The Labute approximate surface area is 125 Å². The molecule has 0 bridgehead atoms. The van der Waals surface area contributed by atoms with Crippen LogP contribution in [-0.2, 0) is 22.3 Å². The van der Waals surface area contributed by atoms with Gasteiger partial charge >= 0.3 is 0 Å². The molecule has 6 heteroatoms. The number of nitrogen functional groups attached to an aromatic ring is 1. The third-order valence-corrected chi connectivity index (χ3v) is 4.75. The summed E-state index contributed by atoms with van der Waals surface area (Å²) in [6, 6.07) is 9.61. The summed E-state index contributed by atoms with van der Waals surface area (Å²) in [5, 5.41) is 4.33. The van der Waals surface area contributed by atoms with Gasteiger partial charge in [-0.3, -0.25) is 4.68 Å². The van der Waals surface area contributed by atoms with Crippen molar-refractivity contribution in [3.63, 3.8) is 0 Å². The highest BCUT2D eigenvalue weighted by Crippen LogP contribution is 2.28. The van der Waals surface area contributed by atoms with Gasteiger partial charge < -0.3 is 5.73 Å². The Hall–Kier alpha value is -1.82. The van der Waals surface area contributed by atoms with Gasteiger partial charge in [0, 0.05) is 30.3 Å². The number of hydrogen-bond acceptors (Lipinski definition) is 4. The number of hydrogen-bond donors (Lipinski definition) is 1. The van der Waals surface area contributed by atoms with E-state index >= 15 is 0 Å². The van der Waals surface area contributed by atoms with Gasteiger partial charge in [-0.05, 0) is 5.56 Å². The van der Waals surface area contributed by atoms with Crippen molar-refractivity contribution in [3.05, 3.63) is 35.9 Å². The van der Waals surface area contributed by atoms with Crippen LogP contribution >= 0.6 is 0 Å². The van der Waals surface area contributed by atoms with Crippen molar-refractivity contribution < 1.29 is 8.42 Å². The van der Waals surface area contributed by atoms with Crippen molar-refractivity contribution in [2.45, 2.75) is 19.3 Å². The van der Waals surface area contributed by atoms with Crippen LogP contribution in [0.2, 0.25) is 0 Å². The summed E-state index contributed by atoms with van der Waals surface area (Å²) < 4.78 is 24.7. The minimum absolute atomic E-state index is 0.121. The number of sulfone groups is 1. The largest absolute Gasteiger partial charge is 0.384 e. The van der Waals surface area contributed by atoms with E-state index in [1.165, 1.54) is 6.26 Å². The molecule has 0 aliphatic carbocycles. The number of benzene rings is 1. The molecule has 0 fully saturated rings. The zero-order chi connectivity index (χ0) is 15.8. The molecule has 2 aromatic rings. The van der Waals surface area contributed by atoms with E-state index in [1.807, 2.05) is 44.2 Å². The first kappa shape index (κ1) is 15.6. The van der Waals surface area contributed by atoms with Crippen LogP contribution in [0.1, 0.15) is 19.4 Å². The summed E-state index contributed by atoms with van der Waals surface area (Å²) in [6.45, 7) is 3.86. The molecule has 0 saturated carbocycles. The lowest BCUT2D eigenvalue weighted by Crippen LogP contribution is -2.27. The Morgan fingerprint density at radius 3 is 2.24 bits per heavy atom. The van der Waals surface area contributed by atoms with E-state index in [2.05, 4.69) is 5.10 Å². The molecule has 21 heavy (non-hydrogen) atoms. The smallest absolute Gasteiger partial charge is 0.148 e. The van der Waals surface area contributed by atoms with Crippen LogP contribution in [0.3, 0.4) is 0 Å². The molecule has 0 saturated heterocycles. The molecular weight excluding hydrogens is 286 g/mol. The maximum Gasteiger partial charge on any atom is 0.148 e. The van der Waals surface area contributed by atoms with Gasteiger partial charge in [0.1, 0.15) is 15.7 Å². The second kappa shape index (κ2) is 5.18. The first-order chi connectivity index (χ1) is 9.58. The van der Waals surface area contributed by atoms with Crippen LogP contribution in [0.4, 0.5) is 5.82 Å². The highest BCUT2D eigenvalue weighted by molar-refractivity contribution is 7.90. The quantitative estimate of drug-likeness (QED) is 0.937. The van der Waals surface area contributed by atoms with Crippen molar-refractivity contribution in [2.75, 3.05) is 17.7 Å². The number of anilines is 1. The average Bonchev–Trinajstić information content (AvgIpc) is 2.67. The van der Waals surface area contributed by atoms with Gasteiger partial charge in [0.05, 0.1) is 11.4 Å². The van der Waals surface area contributed by atoms with Gasteiger partial charge in [-0.25, -0.2) is 8.42 Å². The highest BCUT2D eigenvalue weighted by Gasteiger charge is 2.25. The van der Waals surface area contributed by atoms with Crippen LogP contribution in [0, 0.1) is 0 Å². The minimum Gasteiger partial charge on any atom is -0.384 e. The monoisotopic (exact) mass is 307 g/mol. The molecule has 0 aliphatic heterocycles. The lowest BCUT2D eigenvalue weighted by molar-refractivity contribution is 0.552. The fourth-order valence-corrected chi connectivity index (χ4v) is 3.93. The molecule has 1 aromatic heterocycles. The van der Waals surface area contributed by atoms with Crippen LogP contribution < -0.4 is 5.73 Å². The van der Waals surface area contributed by atoms with Crippen molar-refractivity contribution in [1.82, 2.24) is 9.78 Å². The van der Waals surface area contributed by atoms with E-state index in [4.69, 9.17) is 5.73 Å². The second-order valence-electron chi connectivity index (χ2n) is 6.11. The van der Waals surface area contributed by atoms with E-state index in [1.54, 1.807) is 11.7 Å². The summed E-state index contributed by atoms with van der Waals surface area (Å²) >= 11 is 0. The van der Waals surface area contributed by atoms with Gasteiger partial charge in [0.25, 0.3) is 0 Å². The van der Waals surface area contributed by atoms with Crippen LogP contribution in [0.5, 0.6) is 0 Å². The lowest BCUT2D eigenvalue weighted by atomic mass is 9.86. The number of aromatic nitrogens is 2. The molecule has 0 aliphatic rings. The first-order valence-corrected chi connectivity index (χ1v) is 8.73. The number of aryl methyl sites for hydroxylation is 1. The fraction of sp³-hybridized carbons (Fsp3) is 0.400. The molecule has 0 unspecified atom stereocenters. The van der Waals surface area contributed by atoms with E-state index in [9.17, 15) is 8.42 Å². The lowest BCUT2D eigenvalue weighted by Gasteiger charge is -2.24. The Balaban J connectivity index is 2.30. The Morgan fingerprint density at radius 2 is 1.81 bits per heavy atom. The zero-order valence-electron chi connectivity index (χ0n) is 12.8. The van der Waals surface area contributed by atoms with E-state index in [0.717, 1.165) is 16.8 Å². The van der Waals surface area contributed by atoms with Crippen LogP contribution in [0.25, 0.3) is 11.3 Å². The molecule has 114 valence electrons. The molecule has 0 spiro atoms. The maximum absolute atomic E-state index is 11.5. The number of rotatable bonds is 4. The van der Waals surface area contributed by atoms with E-state index in [0.29, 0.717) is 5.82 Å². The molecule has 0 amide bonds. The fourth-order valence-electron chi connectivity index (χ4n) is 2.45. The highest BCUT2D eigenvalue weighted by atomic mass is 32.2. The van der Waals surface area contributed by atoms with Gasteiger partial charge in [0.2, 0.25) is 0 Å². The SMILES string of the molecule is Cn1nc(-c2ccc(C(C)(C)CS(C)(=O)=O)cc2)cc1N. The van der Waals surface area contributed by atoms with Gasteiger partial charge in [-0.1, -0.05) is 38.1 Å². The summed E-state index contributed by atoms with van der Waals surface area (Å²) in [5.41, 5.74) is 8.11. The standard InChI is InChI=1S/C15H21N3O2S/c1-15(2,10-21(4,19)20)12-7-5-11(6-8-12)13-9-14(16)18(3)17-13/h5-9H,10,16H2,1-4H3. The van der Waals surface area contributed by atoms with Gasteiger partial charge in [-0.2, -0.15) is 5.10 Å². The molecule has 2 rings (SSSR count). The second-order valence-corrected chi connectivity index (χ2v) is 8.25. The summed E-state index contributed by atoms with van der Waals surface area (Å²) in [7, 11) is -1.23. The Bertz CT molecular complexity index is 724. The summed E-state index contributed by atoms with van der Waals surface area (Å²) in [5.74, 6) is 0.724. The third-order valence-electron chi connectivity index (χ3n) is 3.50. The molecule has 5 nitrogen and oxygen atoms in total. The van der Waals surface area contributed by atoms with Crippen molar-refractivity contribution in [3.8, 4) is 11.3 Å². The third kappa shape index (κ3) is 3.64. The van der Waals surface area contributed by atoms with Gasteiger partial charge in [0.15, 0.2) is 0 Å². The first-order valence-electron chi connectivity index (χ1n) is 6.67. The van der Waals surface area contributed by atoms with E-state index < -0.39 is 15.3 Å². The summed E-state index contributed by atoms with van der Waals surface area (Å²) in [6.07, 6.45) is 1.26. The molecule has 0 atom stereocenters. The van der Waals surface area contributed by atoms with Crippen molar-refractivity contribution >= 4 is 15.7 Å². The Morgan fingerprint density at radius 1 is 1.24 bits per heavy atom. The average molecular weight is 307 g/mol. The number of nitrogens with two attached hydrogens (primary N) is 1. The van der Waals surface area contributed by atoms with Crippen LogP contribution in [-0.4, -0.2) is 30.2 Å². The number of nitrogens with zero attached hydrogens (tertiary/aromatic N) is 2. The topological polar surface area (TPSA) is 78.0 Å². The molecule has 1 aromatic carbocycles. The normalized spacial score (nSPS) is 12.6. The Kier molecular flexibility index (Phi) is 3.84. The van der Waals surface area contributed by atoms with Crippen LogP contribution in [0.15, 0.2) is 30.3 Å². The predicted molar refractivity (Wildman–Crippen MR) is 85.8 cm³/mol. The van der Waals surface area contributed by atoms with Crippen molar-refractivity contribution in [1.29, 1.82) is 0 Å². The van der Waals surface area contributed by atoms with Crippen molar-refractivity contribution in [2.24, 2.45) is 7.05 Å². The summed E-state index contributed by atoms with van der Waals surface area (Å²) in [4.78, 5) is 0. The molecular formula is C15H21N3O2S. The maximum atomic E-state index is 11.5. The molecule has 0 radical (unpaired) electrons. The van der Waals surface area contributed by atoms with E-state index in [-0.39, 0.29) is 5.75 Å². The molecule has 2 N–H and O–H groups in total. The van der Waals surface area contributed by atoms with Gasteiger partial charge in [-0.15, -0.1) is 0 Å². The minimum atomic E-state index is -3.03. The predicted octanol–water partition coefficient (Wildman–Crippen LogP) is 1.99. The molecule has 1 heterocycles.